The van der Waals surface area contributed by atoms with Gasteiger partial charge in [0, 0.05) is 30.3 Å². The second-order valence-electron chi connectivity index (χ2n) is 4.17. The van der Waals surface area contributed by atoms with Crippen molar-refractivity contribution in [3.8, 4) is 5.69 Å². The highest BCUT2D eigenvalue weighted by molar-refractivity contribution is 9.10. The third kappa shape index (κ3) is 2.73. The molecule has 0 aliphatic carbocycles. The number of hydrogen-bond donors (Lipinski definition) is 0. The molecule has 0 bridgehead atoms. The maximum atomic E-state index is 11.8. The molecule has 1 aromatic heterocycles. The summed E-state index contributed by atoms with van der Waals surface area (Å²) in [5.74, 6) is -0.179. The average molecular weight is 322 g/mol. The summed E-state index contributed by atoms with van der Waals surface area (Å²) in [7, 11) is 3.33. The Morgan fingerprint density at radius 3 is 2.74 bits per heavy atom. The fourth-order valence-electron chi connectivity index (χ4n) is 1.62. The Bertz CT molecular complexity index is 635. The summed E-state index contributed by atoms with van der Waals surface area (Å²) in [6, 6.07) is 6.88. The van der Waals surface area contributed by atoms with E-state index in [0.717, 1.165) is 10.8 Å². The van der Waals surface area contributed by atoms with Gasteiger partial charge in [0.2, 0.25) is 0 Å². The van der Waals surface area contributed by atoms with Crippen molar-refractivity contribution >= 4 is 28.1 Å². The van der Waals surface area contributed by atoms with E-state index < -0.39 is 0 Å². The molecular weight excluding hydrogens is 310 g/mol. The van der Waals surface area contributed by atoms with Gasteiger partial charge in [0.15, 0.2) is 12.0 Å². The average Bonchev–Trinajstić information content (AvgIpc) is 2.87. The van der Waals surface area contributed by atoms with Crippen LogP contribution in [0.15, 0.2) is 34.9 Å². The molecule has 19 heavy (non-hydrogen) atoms. The number of nitrogens with zero attached hydrogens (tertiary/aromatic N) is 3. The van der Waals surface area contributed by atoms with Crippen LogP contribution in [0.4, 0.5) is 0 Å². The largest absolute Gasteiger partial charge is 0.343 e. The molecule has 0 fully saturated rings. The molecule has 5 nitrogen and oxygen atoms in total. The van der Waals surface area contributed by atoms with Gasteiger partial charge < -0.3 is 4.90 Å². The first-order valence-electron chi connectivity index (χ1n) is 5.55. The maximum Gasteiger partial charge on any atom is 0.273 e. The van der Waals surface area contributed by atoms with Gasteiger partial charge in [0.05, 0.1) is 5.69 Å². The molecule has 0 aliphatic rings. The van der Waals surface area contributed by atoms with Crippen LogP contribution in [-0.2, 0) is 0 Å². The molecule has 6 heteroatoms. The van der Waals surface area contributed by atoms with Crippen LogP contribution in [0.1, 0.15) is 20.8 Å². The predicted molar refractivity (Wildman–Crippen MR) is 74.7 cm³/mol. The van der Waals surface area contributed by atoms with E-state index in [9.17, 15) is 9.59 Å². The van der Waals surface area contributed by atoms with Gasteiger partial charge in [-0.2, -0.15) is 5.10 Å². The number of aromatic nitrogens is 2. The highest BCUT2D eigenvalue weighted by Crippen LogP contribution is 2.19. The van der Waals surface area contributed by atoms with E-state index >= 15 is 0 Å². The van der Waals surface area contributed by atoms with Gasteiger partial charge in [-0.3, -0.25) is 9.59 Å². The highest BCUT2D eigenvalue weighted by Gasteiger charge is 2.13. The van der Waals surface area contributed by atoms with Crippen LogP contribution in [0.25, 0.3) is 5.69 Å². The van der Waals surface area contributed by atoms with Crippen LogP contribution in [0.5, 0.6) is 0 Å². The van der Waals surface area contributed by atoms with Gasteiger partial charge in [-0.15, -0.1) is 0 Å². The van der Waals surface area contributed by atoms with Crippen LogP contribution in [0.2, 0.25) is 0 Å². The van der Waals surface area contributed by atoms with Crippen LogP contribution in [-0.4, -0.2) is 41.0 Å². The molecule has 0 spiro atoms. The van der Waals surface area contributed by atoms with Crippen LogP contribution in [0, 0.1) is 0 Å². The summed E-state index contributed by atoms with van der Waals surface area (Å²) in [6.07, 6.45) is 2.42. The van der Waals surface area contributed by atoms with Gasteiger partial charge in [0.1, 0.15) is 0 Å². The first-order chi connectivity index (χ1) is 9.02. The molecule has 0 N–H and O–H groups in total. The van der Waals surface area contributed by atoms with Gasteiger partial charge in [0.25, 0.3) is 5.91 Å². The lowest BCUT2D eigenvalue weighted by molar-refractivity contribution is 0.0821. The molecule has 0 atom stereocenters. The lowest BCUT2D eigenvalue weighted by Gasteiger charge is -2.08. The molecule has 1 heterocycles. The van der Waals surface area contributed by atoms with E-state index in [4.69, 9.17) is 0 Å². The number of rotatable bonds is 3. The summed E-state index contributed by atoms with van der Waals surface area (Å²) in [5.41, 5.74) is 1.47. The van der Waals surface area contributed by atoms with E-state index in [1.807, 2.05) is 0 Å². The van der Waals surface area contributed by atoms with Gasteiger partial charge in [-0.1, -0.05) is 15.9 Å². The molecule has 0 saturated heterocycles. The van der Waals surface area contributed by atoms with E-state index in [-0.39, 0.29) is 5.91 Å². The minimum absolute atomic E-state index is 0.179. The quantitative estimate of drug-likeness (QED) is 0.814. The molecule has 0 saturated carbocycles. The van der Waals surface area contributed by atoms with Crippen molar-refractivity contribution in [3.05, 3.63) is 46.2 Å². The van der Waals surface area contributed by atoms with Crippen molar-refractivity contribution in [1.29, 1.82) is 0 Å². The molecular formula is C13H12BrN3O2. The number of aldehydes is 1. The van der Waals surface area contributed by atoms with E-state index in [0.29, 0.717) is 16.9 Å². The Labute approximate surface area is 119 Å². The van der Waals surface area contributed by atoms with Crippen molar-refractivity contribution in [2.45, 2.75) is 0 Å². The standard InChI is InChI=1S/C13H12BrN3O2/c1-16(2)13(19)11-5-6-17(15-11)12-7-10(14)4-3-9(12)8-18/h3-8H,1-2H3. The van der Waals surface area contributed by atoms with Gasteiger partial charge in [-0.25, -0.2) is 4.68 Å². The minimum Gasteiger partial charge on any atom is -0.343 e. The fraction of sp³-hybridized carbons (Fsp3) is 0.154. The summed E-state index contributed by atoms with van der Waals surface area (Å²) in [4.78, 5) is 24.3. The third-order valence-electron chi connectivity index (χ3n) is 2.58. The maximum absolute atomic E-state index is 11.8. The molecule has 0 unspecified atom stereocenters. The molecule has 0 radical (unpaired) electrons. The zero-order chi connectivity index (χ0) is 14.0. The van der Waals surface area contributed by atoms with Gasteiger partial charge in [-0.05, 0) is 24.3 Å². The smallest absolute Gasteiger partial charge is 0.273 e. The Kier molecular flexibility index (Phi) is 3.80. The second-order valence-corrected chi connectivity index (χ2v) is 5.08. The second kappa shape index (κ2) is 5.36. The summed E-state index contributed by atoms with van der Waals surface area (Å²) in [5, 5.41) is 4.20. The summed E-state index contributed by atoms with van der Waals surface area (Å²) in [6.45, 7) is 0. The van der Waals surface area contributed by atoms with E-state index in [1.54, 1.807) is 44.6 Å². The van der Waals surface area contributed by atoms with Crippen molar-refractivity contribution in [3.63, 3.8) is 0 Å². The number of carbonyl (C=O) groups excluding carboxylic acids is 2. The summed E-state index contributed by atoms with van der Waals surface area (Å²) < 4.78 is 2.36. The Morgan fingerprint density at radius 2 is 2.11 bits per heavy atom. The fourth-order valence-corrected chi connectivity index (χ4v) is 1.97. The Hall–Kier alpha value is -1.95. The zero-order valence-electron chi connectivity index (χ0n) is 10.5. The van der Waals surface area contributed by atoms with E-state index in [1.165, 1.54) is 9.58 Å². The number of amides is 1. The molecule has 1 amide bonds. The van der Waals surface area contributed by atoms with Crippen molar-refractivity contribution in [2.75, 3.05) is 14.1 Å². The van der Waals surface area contributed by atoms with Crippen LogP contribution >= 0.6 is 15.9 Å². The van der Waals surface area contributed by atoms with Crippen molar-refractivity contribution < 1.29 is 9.59 Å². The first-order valence-corrected chi connectivity index (χ1v) is 6.34. The predicted octanol–water partition coefficient (Wildman–Crippen LogP) is 2.15. The number of halogens is 1. The van der Waals surface area contributed by atoms with Crippen molar-refractivity contribution in [2.24, 2.45) is 0 Å². The lowest BCUT2D eigenvalue weighted by atomic mass is 10.2. The molecule has 0 aliphatic heterocycles. The van der Waals surface area contributed by atoms with Crippen LogP contribution in [0.3, 0.4) is 0 Å². The molecule has 98 valence electrons. The first kappa shape index (κ1) is 13.5. The Morgan fingerprint density at radius 1 is 1.37 bits per heavy atom. The molecule has 2 rings (SSSR count). The summed E-state index contributed by atoms with van der Waals surface area (Å²) >= 11 is 3.35. The van der Waals surface area contributed by atoms with Crippen molar-refractivity contribution in [1.82, 2.24) is 14.7 Å². The topological polar surface area (TPSA) is 55.2 Å². The Balaban J connectivity index is 2.46. The molecule has 2 aromatic rings. The normalized spacial score (nSPS) is 10.3. The number of hydrogen-bond acceptors (Lipinski definition) is 3. The lowest BCUT2D eigenvalue weighted by Crippen LogP contribution is -2.22. The SMILES string of the molecule is CN(C)C(=O)c1ccn(-c2cc(Br)ccc2C=O)n1. The third-order valence-corrected chi connectivity index (χ3v) is 3.07. The number of carbonyl (C=O) groups is 2. The zero-order valence-corrected chi connectivity index (χ0v) is 12.1. The molecule has 1 aromatic carbocycles. The number of benzene rings is 1. The van der Waals surface area contributed by atoms with Crippen LogP contribution < -0.4 is 0 Å². The minimum atomic E-state index is -0.179. The highest BCUT2D eigenvalue weighted by atomic mass is 79.9. The van der Waals surface area contributed by atoms with E-state index in [2.05, 4.69) is 21.0 Å². The monoisotopic (exact) mass is 321 g/mol. The van der Waals surface area contributed by atoms with Gasteiger partial charge >= 0.3 is 0 Å².